The van der Waals surface area contributed by atoms with Crippen LogP contribution in [0.25, 0.3) is 5.57 Å². The van der Waals surface area contributed by atoms with E-state index in [2.05, 4.69) is 4.74 Å². The highest BCUT2D eigenvalue weighted by atomic mass is 19.4. The lowest BCUT2D eigenvalue weighted by molar-refractivity contribution is -0.274. The van der Waals surface area contributed by atoms with Gasteiger partial charge in [-0.15, -0.1) is 13.2 Å². The van der Waals surface area contributed by atoms with E-state index in [-0.39, 0.29) is 35.7 Å². The molecule has 3 aromatic carbocycles. The molecule has 234 valence electrons. The van der Waals surface area contributed by atoms with Gasteiger partial charge in [-0.2, -0.15) is 0 Å². The zero-order valence-corrected chi connectivity index (χ0v) is 24.5. The molecular formula is C36H28F3NO6. The first-order valence-corrected chi connectivity index (χ1v) is 14.9. The predicted octanol–water partition coefficient (Wildman–Crippen LogP) is 5.75. The first kappa shape index (κ1) is 29.7. The Hall–Kier alpha value is -4.99. The van der Waals surface area contributed by atoms with Crippen LogP contribution in [0.3, 0.4) is 0 Å². The second kappa shape index (κ2) is 10.5. The number of rotatable bonds is 4. The van der Waals surface area contributed by atoms with Crippen molar-refractivity contribution in [3.8, 4) is 11.5 Å². The number of phenolic OH excluding ortho intramolecular Hbond substituents is 1. The van der Waals surface area contributed by atoms with Crippen molar-refractivity contribution in [3.05, 3.63) is 113 Å². The molecule has 6 atom stereocenters. The Morgan fingerprint density at radius 3 is 2.24 bits per heavy atom. The third kappa shape index (κ3) is 4.34. The van der Waals surface area contributed by atoms with Gasteiger partial charge >= 0.3 is 6.36 Å². The number of alkyl halides is 3. The van der Waals surface area contributed by atoms with Gasteiger partial charge in [0, 0.05) is 30.0 Å². The number of amides is 2. The summed E-state index contributed by atoms with van der Waals surface area (Å²) in [7, 11) is 1.41. The van der Waals surface area contributed by atoms with E-state index in [1.54, 1.807) is 66.7 Å². The molecule has 0 radical (unpaired) electrons. The number of nitrogens with zero attached hydrogens (tertiary/aromatic N) is 1. The zero-order valence-electron chi connectivity index (χ0n) is 24.5. The second-order valence-electron chi connectivity index (χ2n) is 12.3. The highest BCUT2D eigenvalue weighted by Crippen LogP contribution is 2.64. The van der Waals surface area contributed by atoms with Crippen LogP contribution in [0.15, 0.2) is 96.6 Å². The van der Waals surface area contributed by atoms with Crippen LogP contribution in [0.1, 0.15) is 35.4 Å². The van der Waals surface area contributed by atoms with Gasteiger partial charge in [0.1, 0.15) is 11.5 Å². The quantitative estimate of drug-likeness (QED) is 0.292. The highest BCUT2D eigenvalue weighted by Gasteiger charge is 2.66. The Balaban J connectivity index is 1.53. The molecule has 2 fully saturated rings. The summed E-state index contributed by atoms with van der Waals surface area (Å²) in [6, 6.07) is 20.3. The number of Topliss-reactive ketones (excluding diaryl/α,β-unsaturated/α-hetero) is 1. The van der Waals surface area contributed by atoms with Gasteiger partial charge in [0.05, 0.1) is 17.3 Å². The van der Waals surface area contributed by atoms with Crippen LogP contribution >= 0.6 is 0 Å². The number of allylic oxidation sites excluding steroid dienone is 4. The zero-order chi connectivity index (χ0) is 32.5. The van der Waals surface area contributed by atoms with Gasteiger partial charge in [-0.05, 0) is 54.2 Å². The Kier molecular flexibility index (Phi) is 6.81. The van der Waals surface area contributed by atoms with Crippen molar-refractivity contribution in [1.82, 2.24) is 4.90 Å². The SMILES string of the molecule is CN1C(=O)C2CC=C3C(CC4C(=O)C(c5ccccc5)=CC(=O)C4(c4ccccc4)C3c3cc(OC(F)(F)F)ccc3O)C2C1=O. The summed E-state index contributed by atoms with van der Waals surface area (Å²) in [6.45, 7) is 0. The molecule has 1 saturated heterocycles. The number of phenols is 1. The lowest BCUT2D eigenvalue weighted by Gasteiger charge is -2.55. The molecule has 0 spiro atoms. The van der Waals surface area contributed by atoms with Gasteiger partial charge in [0.15, 0.2) is 11.6 Å². The number of halogens is 3. The maximum Gasteiger partial charge on any atom is 0.573 e. The maximum absolute atomic E-state index is 14.9. The summed E-state index contributed by atoms with van der Waals surface area (Å²) < 4.78 is 44.4. The number of hydrogen-bond donors (Lipinski definition) is 1. The van der Waals surface area contributed by atoms with Crippen LogP contribution in [0.4, 0.5) is 13.2 Å². The topological polar surface area (TPSA) is 101 Å². The summed E-state index contributed by atoms with van der Waals surface area (Å²) in [4.78, 5) is 57.4. The molecule has 3 aliphatic carbocycles. The predicted molar refractivity (Wildman–Crippen MR) is 159 cm³/mol. The van der Waals surface area contributed by atoms with Crippen molar-refractivity contribution in [2.45, 2.75) is 30.5 Å². The molecule has 46 heavy (non-hydrogen) atoms. The number of ketones is 2. The van der Waals surface area contributed by atoms with Gasteiger partial charge < -0.3 is 9.84 Å². The first-order chi connectivity index (χ1) is 21.9. The van der Waals surface area contributed by atoms with E-state index in [1.165, 1.54) is 13.1 Å². The normalized spacial score (nSPS) is 29.0. The van der Waals surface area contributed by atoms with Gasteiger partial charge in [0.2, 0.25) is 11.8 Å². The highest BCUT2D eigenvalue weighted by molar-refractivity contribution is 6.31. The fourth-order valence-corrected chi connectivity index (χ4v) is 8.34. The largest absolute Gasteiger partial charge is 0.573 e. The maximum atomic E-state index is 14.9. The van der Waals surface area contributed by atoms with E-state index in [1.807, 2.05) is 0 Å². The van der Waals surface area contributed by atoms with Gasteiger partial charge in [-0.25, -0.2) is 0 Å². The molecule has 1 aliphatic heterocycles. The summed E-state index contributed by atoms with van der Waals surface area (Å²) in [5.74, 6) is -7.07. The summed E-state index contributed by atoms with van der Waals surface area (Å²) in [6.07, 6.45) is -1.77. The molecule has 1 heterocycles. The molecule has 1 N–H and O–H groups in total. The Morgan fingerprint density at radius 2 is 1.57 bits per heavy atom. The minimum Gasteiger partial charge on any atom is -0.508 e. The molecule has 1 saturated carbocycles. The molecule has 0 aromatic heterocycles. The van der Waals surface area contributed by atoms with E-state index in [0.717, 1.165) is 23.1 Å². The molecule has 7 rings (SSSR count). The Labute approximate surface area is 262 Å². The molecular weight excluding hydrogens is 599 g/mol. The average molecular weight is 628 g/mol. The van der Waals surface area contributed by atoms with Crippen molar-refractivity contribution in [1.29, 1.82) is 0 Å². The number of imide groups is 1. The van der Waals surface area contributed by atoms with Crippen LogP contribution in [0.2, 0.25) is 0 Å². The standard InChI is InChI=1S/C36H28F3NO6/c1-40-33(44)23-14-13-22-25(30(23)34(40)45)17-27-32(43)24(19-8-4-2-5-9-19)18-29(42)35(27,20-10-6-3-7-11-20)31(22)26-16-21(12-15-28(26)41)46-36(37,38)39/h2-13,15-16,18,23,25,27,30-31,41H,14,17H2,1H3. The molecule has 7 nitrogen and oxygen atoms in total. The number of aromatic hydroxyl groups is 1. The smallest absolute Gasteiger partial charge is 0.508 e. The Morgan fingerprint density at radius 1 is 0.891 bits per heavy atom. The lowest BCUT2D eigenvalue weighted by Crippen LogP contribution is -2.58. The van der Waals surface area contributed by atoms with Gasteiger partial charge in [0.25, 0.3) is 0 Å². The minimum atomic E-state index is -5.04. The van der Waals surface area contributed by atoms with E-state index in [9.17, 15) is 37.5 Å². The molecule has 2 amide bonds. The first-order valence-electron chi connectivity index (χ1n) is 14.9. The van der Waals surface area contributed by atoms with Crippen LogP contribution in [-0.4, -0.2) is 46.8 Å². The fourth-order valence-electron chi connectivity index (χ4n) is 8.34. The fraction of sp³-hybridized carbons (Fsp3) is 0.278. The third-order valence-electron chi connectivity index (χ3n) is 10.1. The average Bonchev–Trinajstić information content (AvgIpc) is 3.26. The number of hydrogen-bond acceptors (Lipinski definition) is 6. The second-order valence-corrected chi connectivity index (χ2v) is 12.3. The van der Waals surface area contributed by atoms with Crippen LogP contribution in [-0.2, 0) is 24.6 Å². The molecule has 10 heteroatoms. The number of fused-ring (bicyclic) bond motifs is 4. The van der Waals surface area contributed by atoms with Gasteiger partial charge in [-0.3, -0.25) is 24.1 Å². The summed E-state index contributed by atoms with van der Waals surface area (Å²) >= 11 is 0. The molecule has 3 aromatic rings. The number of ether oxygens (including phenoxy) is 1. The van der Waals surface area contributed by atoms with E-state index in [4.69, 9.17) is 0 Å². The summed E-state index contributed by atoms with van der Waals surface area (Å²) in [5, 5.41) is 11.3. The van der Waals surface area contributed by atoms with E-state index >= 15 is 0 Å². The van der Waals surface area contributed by atoms with E-state index < -0.39 is 64.6 Å². The van der Waals surface area contributed by atoms with Crippen molar-refractivity contribution in [2.75, 3.05) is 7.05 Å². The minimum absolute atomic E-state index is 0.0412. The summed E-state index contributed by atoms with van der Waals surface area (Å²) in [5.41, 5.74) is -0.0665. The van der Waals surface area contributed by atoms with Gasteiger partial charge in [-0.1, -0.05) is 72.3 Å². The van der Waals surface area contributed by atoms with Crippen molar-refractivity contribution >= 4 is 29.0 Å². The lowest BCUT2D eigenvalue weighted by atomic mass is 9.44. The third-order valence-corrected chi connectivity index (χ3v) is 10.1. The number of carbonyl (C=O) groups excluding carboxylic acids is 4. The molecule has 0 bridgehead atoms. The van der Waals surface area contributed by atoms with Crippen molar-refractivity contribution in [2.24, 2.45) is 23.7 Å². The van der Waals surface area contributed by atoms with Crippen molar-refractivity contribution in [3.63, 3.8) is 0 Å². The molecule has 6 unspecified atom stereocenters. The number of likely N-dealkylation sites (tertiary alicyclic amines) is 1. The van der Waals surface area contributed by atoms with Crippen LogP contribution in [0.5, 0.6) is 11.5 Å². The van der Waals surface area contributed by atoms with Crippen molar-refractivity contribution < 1.29 is 42.2 Å². The monoisotopic (exact) mass is 627 g/mol. The van der Waals surface area contributed by atoms with Crippen LogP contribution in [0, 0.1) is 23.7 Å². The van der Waals surface area contributed by atoms with Crippen LogP contribution < -0.4 is 4.74 Å². The number of carbonyl (C=O) groups is 4. The Bertz CT molecular complexity index is 1850. The molecule has 4 aliphatic rings. The number of benzene rings is 3. The van der Waals surface area contributed by atoms with E-state index in [0.29, 0.717) is 16.7 Å².